The standard InChI is InChI=1S/2C3H6S2.C3H8S.Sb/c2*4-3-1-2-5-3;1-3(2)4;/h2*3-4H,1-2H2;3-4H,1-2H3;/q;;;+3/p-3. The molecule has 2 unspecified atom stereocenters. The summed E-state index contributed by atoms with van der Waals surface area (Å²) in [5.74, 6) is 2.84. The Hall–Kier alpha value is 2.57. The molecule has 0 saturated carbocycles. The molecule has 2 atom stereocenters. The third-order valence-corrected chi connectivity index (χ3v) is 32.8. The van der Waals surface area contributed by atoms with E-state index in [0.29, 0.717) is 0 Å². The molecule has 2 saturated heterocycles. The fraction of sp³-hybridized carbons (Fsp3) is 1.00. The van der Waals surface area contributed by atoms with E-state index >= 15 is 0 Å². The van der Waals surface area contributed by atoms with Crippen LogP contribution in [0.5, 0.6) is 0 Å². The van der Waals surface area contributed by atoms with E-state index in [2.05, 4.69) is 63.9 Å². The SMILES string of the molecule is CC(C)[S][Sb]([S]C1CCS1)[S]C1CCS1. The van der Waals surface area contributed by atoms with Crippen LogP contribution in [0.2, 0.25) is 0 Å². The molecule has 2 fully saturated rings. The van der Waals surface area contributed by atoms with Crippen LogP contribution in [0.4, 0.5) is 0 Å². The van der Waals surface area contributed by atoms with Crippen LogP contribution in [0.3, 0.4) is 0 Å². The zero-order valence-electron chi connectivity index (χ0n) is 9.05. The topological polar surface area (TPSA) is 0 Å². The molecule has 0 aromatic rings. The number of thioether (sulfide) groups is 2. The van der Waals surface area contributed by atoms with Gasteiger partial charge in [0.15, 0.2) is 0 Å². The summed E-state index contributed by atoms with van der Waals surface area (Å²) in [4.78, 5) is 0. The zero-order chi connectivity index (χ0) is 10.7. The van der Waals surface area contributed by atoms with E-state index < -0.39 is 16.0 Å². The molecule has 2 heterocycles. The van der Waals surface area contributed by atoms with E-state index in [-0.39, 0.29) is 0 Å². The predicted octanol–water partition coefficient (Wildman–Crippen LogP) is 4.51. The van der Waals surface area contributed by atoms with Gasteiger partial charge >= 0.3 is 119 Å². The van der Waals surface area contributed by atoms with Crippen molar-refractivity contribution in [1.29, 1.82) is 0 Å². The van der Waals surface area contributed by atoms with Crippen LogP contribution in [0, 0.1) is 0 Å². The van der Waals surface area contributed by atoms with Crippen LogP contribution < -0.4 is 0 Å². The van der Waals surface area contributed by atoms with Crippen molar-refractivity contribution in [3.63, 3.8) is 0 Å². The van der Waals surface area contributed by atoms with E-state index in [4.69, 9.17) is 0 Å². The molecule has 0 bridgehead atoms. The quantitative estimate of drug-likeness (QED) is 0.593. The minimum atomic E-state index is -1.08. The molecule has 6 heteroatoms. The second-order valence-electron chi connectivity index (χ2n) is 3.77. The molecule has 2 aliphatic heterocycles. The van der Waals surface area contributed by atoms with Crippen molar-refractivity contribution in [1.82, 2.24) is 0 Å². The first kappa shape index (κ1) is 14.0. The van der Waals surface area contributed by atoms with Crippen LogP contribution in [0.25, 0.3) is 0 Å². The van der Waals surface area contributed by atoms with E-state index in [0.717, 1.165) is 14.4 Å². The molecule has 0 aliphatic carbocycles. The maximum absolute atomic E-state index is 2.40. The van der Waals surface area contributed by atoms with E-state index in [1.807, 2.05) is 0 Å². The van der Waals surface area contributed by atoms with Gasteiger partial charge in [-0.05, 0) is 0 Å². The summed E-state index contributed by atoms with van der Waals surface area (Å²) in [6.45, 7) is 4.73. The third-order valence-electron chi connectivity index (χ3n) is 2.02. The molecule has 0 aromatic heterocycles. The Morgan fingerprint density at radius 2 is 1.53 bits per heavy atom. The van der Waals surface area contributed by atoms with Gasteiger partial charge in [-0.2, -0.15) is 0 Å². The van der Waals surface area contributed by atoms with Gasteiger partial charge in [0.05, 0.1) is 0 Å². The monoisotopic (exact) mass is 406 g/mol. The molecule has 0 nitrogen and oxygen atoms in total. The molecule has 2 aliphatic rings. The first-order chi connectivity index (χ1) is 7.24. The van der Waals surface area contributed by atoms with E-state index in [9.17, 15) is 0 Å². The molecule has 0 amide bonds. The Morgan fingerprint density at radius 1 is 1.07 bits per heavy atom. The van der Waals surface area contributed by atoms with Crippen LogP contribution in [-0.4, -0.2) is 41.9 Å². The van der Waals surface area contributed by atoms with Crippen LogP contribution in [0.1, 0.15) is 26.7 Å². The summed E-state index contributed by atoms with van der Waals surface area (Å²) in [7, 11) is 7.13. The van der Waals surface area contributed by atoms with Crippen LogP contribution in [-0.2, 0) is 0 Å². The Labute approximate surface area is 117 Å². The third kappa shape index (κ3) is 4.98. The second-order valence-corrected chi connectivity index (χ2v) is 28.4. The van der Waals surface area contributed by atoms with Gasteiger partial charge in [-0.3, -0.25) is 0 Å². The molecule has 15 heavy (non-hydrogen) atoms. The van der Waals surface area contributed by atoms with Crippen LogP contribution >= 0.6 is 50.1 Å². The first-order valence-corrected chi connectivity index (χ1v) is 19.3. The van der Waals surface area contributed by atoms with Crippen molar-refractivity contribution in [3.05, 3.63) is 0 Å². The maximum atomic E-state index is 2.40. The predicted molar refractivity (Wildman–Crippen MR) is 85.4 cm³/mol. The summed E-state index contributed by atoms with van der Waals surface area (Å²) in [6.07, 6.45) is 2.96. The number of rotatable bonds is 6. The summed E-state index contributed by atoms with van der Waals surface area (Å²) < 4.78 is 1.97. The Bertz CT molecular complexity index is 177. The Morgan fingerprint density at radius 3 is 1.80 bits per heavy atom. The molecular weight excluding hydrogens is 390 g/mol. The van der Waals surface area contributed by atoms with Crippen molar-refractivity contribution in [2.24, 2.45) is 0 Å². The molecule has 0 radical (unpaired) electrons. The normalized spacial score (nSPS) is 30.4. The second kappa shape index (κ2) is 7.23. The summed E-state index contributed by atoms with van der Waals surface area (Å²) in [5, 5.41) is 0.850. The zero-order valence-corrected chi connectivity index (χ0v) is 15.7. The molecule has 2 rings (SSSR count). The van der Waals surface area contributed by atoms with Gasteiger partial charge in [0.1, 0.15) is 0 Å². The van der Waals surface area contributed by atoms with E-state index in [1.54, 1.807) is 0 Å². The van der Waals surface area contributed by atoms with Crippen molar-refractivity contribution < 1.29 is 0 Å². The summed E-state index contributed by atoms with van der Waals surface area (Å²) >= 11 is 3.29. The molecule has 0 aromatic carbocycles. The van der Waals surface area contributed by atoms with Gasteiger partial charge in [0.2, 0.25) is 0 Å². The van der Waals surface area contributed by atoms with Gasteiger partial charge in [-0.25, -0.2) is 0 Å². The van der Waals surface area contributed by atoms with Gasteiger partial charge < -0.3 is 0 Å². The fourth-order valence-electron chi connectivity index (χ4n) is 1.03. The average molecular weight is 407 g/mol. The molecule has 88 valence electrons. The Balaban J connectivity index is 1.72. The van der Waals surface area contributed by atoms with Crippen LogP contribution in [0.15, 0.2) is 0 Å². The number of hydrogen-bond donors (Lipinski definition) is 0. The molecule has 0 spiro atoms. The van der Waals surface area contributed by atoms with Gasteiger partial charge in [0, 0.05) is 0 Å². The Kier molecular flexibility index (Phi) is 6.74. The van der Waals surface area contributed by atoms with Gasteiger partial charge in [-0.15, -0.1) is 0 Å². The van der Waals surface area contributed by atoms with Crippen molar-refractivity contribution >= 4 is 66.1 Å². The molecule has 0 N–H and O–H groups in total. The summed E-state index contributed by atoms with van der Waals surface area (Å²) in [6, 6.07) is 0. The van der Waals surface area contributed by atoms with Gasteiger partial charge in [-0.1, -0.05) is 0 Å². The summed E-state index contributed by atoms with van der Waals surface area (Å²) in [5.41, 5.74) is 0. The van der Waals surface area contributed by atoms with Crippen molar-refractivity contribution in [2.75, 3.05) is 11.5 Å². The van der Waals surface area contributed by atoms with E-state index in [1.165, 1.54) is 24.3 Å². The number of hydrogen-bond acceptors (Lipinski definition) is 5. The minimum absolute atomic E-state index is 0.850. The fourth-order valence-corrected chi connectivity index (χ4v) is 43.2. The van der Waals surface area contributed by atoms with Crippen molar-refractivity contribution in [3.8, 4) is 0 Å². The average Bonchev–Trinajstić information content (AvgIpc) is 2.02. The van der Waals surface area contributed by atoms with Crippen molar-refractivity contribution in [2.45, 2.75) is 41.1 Å². The molecular formula is C9H17S5Sb. The first-order valence-electron chi connectivity index (χ1n) is 5.27. The van der Waals surface area contributed by atoms with Gasteiger partial charge in [0.25, 0.3) is 0 Å².